The lowest BCUT2D eigenvalue weighted by Crippen LogP contribution is -2.43. The van der Waals surface area contributed by atoms with E-state index in [-0.39, 0.29) is 0 Å². The summed E-state index contributed by atoms with van der Waals surface area (Å²) >= 11 is 0. The molecule has 160 valence electrons. The molecule has 0 bridgehead atoms. The van der Waals surface area contributed by atoms with Crippen molar-refractivity contribution in [3.63, 3.8) is 0 Å². The zero-order valence-electron chi connectivity index (χ0n) is 19.2. The summed E-state index contributed by atoms with van der Waals surface area (Å²) in [5.74, 6) is 4.15. The number of aliphatic hydroxyl groups is 1. The fourth-order valence-electron chi connectivity index (χ4n) is 8.55. The van der Waals surface area contributed by atoms with E-state index in [4.69, 9.17) is 0 Å². The van der Waals surface area contributed by atoms with E-state index >= 15 is 0 Å². The first kappa shape index (κ1) is 21.0. The van der Waals surface area contributed by atoms with Crippen molar-refractivity contribution in [3.8, 4) is 0 Å². The Morgan fingerprint density at radius 2 is 1.79 bits per heavy atom. The largest absolute Gasteiger partial charge is 0.396 e. The predicted octanol–water partition coefficient (Wildman–Crippen LogP) is 7.53. The third-order valence-electron chi connectivity index (χ3n) is 10.3. The summed E-state index contributed by atoms with van der Waals surface area (Å²) in [6, 6.07) is 0. The normalized spacial score (nSPS) is 42.5. The van der Waals surface area contributed by atoms with Crippen molar-refractivity contribution in [1.82, 2.24) is 0 Å². The van der Waals surface area contributed by atoms with Gasteiger partial charge in [0.2, 0.25) is 0 Å². The van der Waals surface area contributed by atoms with Crippen molar-refractivity contribution in [2.75, 3.05) is 6.61 Å². The Morgan fingerprint density at radius 1 is 0.964 bits per heavy atom. The number of hydrogen-bond donors (Lipinski definition) is 1. The molecule has 1 heteroatoms. The van der Waals surface area contributed by atoms with Crippen LogP contribution in [-0.2, 0) is 0 Å². The van der Waals surface area contributed by atoms with E-state index in [2.05, 4.69) is 27.7 Å². The van der Waals surface area contributed by atoms with E-state index < -0.39 is 0 Å². The van der Waals surface area contributed by atoms with Gasteiger partial charge in [-0.05, 0) is 98.2 Å². The van der Waals surface area contributed by atoms with Crippen LogP contribution in [0, 0.1) is 40.4 Å². The van der Waals surface area contributed by atoms with Gasteiger partial charge < -0.3 is 5.11 Å². The third-order valence-corrected chi connectivity index (χ3v) is 10.3. The van der Waals surface area contributed by atoms with Gasteiger partial charge in [0.15, 0.2) is 0 Å². The van der Waals surface area contributed by atoms with Crippen molar-refractivity contribution < 1.29 is 5.11 Å². The molecule has 0 saturated heterocycles. The van der Waals surface area contributed by atoms with E-state index in [9.17, 15) is 5.11 Å². The fourth-order valence-corrected chi connectivity index (χ4v) is 8.55. The molecule has 3 unspecified atom stereocenters. The summed E-state index contributed by atoms with van der Waals surface area (Å²) in [7, 11) is 0. The summed E-state index contributed by atoms with van der Waals surface area (Å²) in [6.45, 7) is 10.4. The summed E-state index contributed by atoms with van der Waals surface area (Å²) in [6.07, 6.45) is 18.5. The number of fused-ring (bicyclic) bond motifs is 4. The number of allylic oxidation sites excluding steroid dienone is 2. The molecule has 0 aromatic carbocycles. The van der Waals surface area contributed by atoms with Gasteiger partial charge in [0, 0.05) is 6.61 Å². The molecule has 2 saturated carbocycles. The molecule has 0 aromatic rings. The van der Waals surface area contributed by atoms with Crippen LogP contribution in [-0.4, -0.2) is 11.7 Å². The van der Waals surface area contributed by atoms with Gasteiger partial charge in [0.1, 0.15) is 0 Å². The van der Waals surface area contributed by atoms with Gasteiger partial charge in [0.05, 0.1) is 0 Å². The van der Waals surface area contributed by atoms with E-state index in [0.29, 0.717) is 23.4 Å². The maximum absolute atomic E-state index is 9.32. The highest BCUT2D eigenvalue weighted by atomic mass is 16.3. The SMILES string of the molecule is CC(CO)CCCC(C)[C@H]1CC[C@H]2C3=C(CC[C@]12C)[C@@]1(C)CCCCC1CC3. The van der Waals surface area contributed by atoms with Gasteiger partial charge in [0.25, 0.3) is 0 Å². The molecule has 4 rings (SSSR count). The van der Waals surface area contributed by atoms with Gasteiger partial charge in [-0.15, -0.1) is 0 Å². The van der Waals surface area contributed by atoms with Crippen LogP contribution < -0.4 is 0 Å². The molecule has 2 fully saturated rings. The van der Waals surface area contributed by atoms with Crippen LogP contribution in [0.5, 0.6) is 0 Å². The molecular weight excluding hydrogens is 340 g/mol. The molecule has 0 spiro atoms. The van der Waals surface area contributed by atoms with Crippen molar-refractivity contribution in [3.05, 3.63) is 11.1 Å². The van der Waals surface area contributed by atoms with Crippen LogP contribution >= 0.6 is 0 Å². The van der Waals surface area contributed by atoms with Crippen molar-refractivity contribution >= 4 is 0 Å². The van der Waals surface area contributed by atoms with Crippen LogP contribution in [0.3, 0.4) is 0 Å². The number of hydrogen-bond acceptors (Lipinski definition) is 1. The lowest BCUT2D eigenvalue weighted by Gasteiger charge is -2.54. The average Bonchev–Trinajstić information content (AvgIpc) is 3.04. The topological polar surface area (TPSA) is 20.2 Å². The van der Waals surface area contributed by atoms with Crippen LogP contribution in [0.4, 0.5) is 0 Å². The van der Waals surface area contributed by atoms with Crippen LogP contribution in [0.1, 0.15) is 111 Å². The lowest BCUT2D eigenvalue weighted by molar-refractivity contribution is 0.0657. The third kappa shape index (κ3) is 3.42. The Bertz CT molecular complexity index is 591. The van der Waals surface area contributed by atoms with Gasteiger partial charge in [-0.3, -0.25) is 0 Å². The van der Waals surface area contributed by atoms with Crippen molar-refractivity contribution in [1.29, 1.82) is 0 Å². The summed E-state index contributed by atoms with van der Waals surface area (Å²) in [5.41, 5.74) is 5.07. The van der Waals surface area contributed by atoms with Crippen LogP contribution in [0.25, 0.3) is 0 Å². The quantitative estimate of drug-likeness (QED) is 0.468. The molecule has 0 aliphatic heterocycles. The van der Waals surface area contributed by atoms with E-state index in [1.807, 2.05) is 11.1 Å². The second kappa shape index (κ2) is 8.09. The molecule has 4 aliphatic carbocycles. The molecule has 4 aliphatic rings. The highest BCUT2D eigenvalue weighted by Crippen LogP contribution is 2.65. The molecule has 1 nitrogen and oxygen atoms in total. The fraction of sp³-hybridized carbons (Fsp3) is 0.926. The Morgan fingerprint density at radius 3 is 2.57 bits per heavy atom. The molecule has 0 radical (unpaired) electrons. The highest BCUT2D eigenvalue weighted by molar-refractivity contribution is 5.34. The second-order valence-corrected chi connectivity index (χ2v) is 11.8. The minimum atomic E-state index is 0.355. The van der Waals surface area contributed by atoms with Gasteiger partial charge in [-0.2, -0.15) is 0 Å². The van der Waals surface area contributed by atoms with Gasteiger partial charge >= 0.3 is 0 Å². The molecule has 28 heavy (non-hydrogen) atoms. The van der Waals surface area contributed by atoms with Crippen LogP contribution in [0.2, 0.25) is 0 Å². The van der Waals surface area contributed by atoms with E-state index in [0.717, 1.165) is 23.7 Å². The molecule has 1 N–H and O–H groups in total. The first-order valence-corrected chi connectivity index (χ1v) is 12.7. The Kier molecular flexibility index (Phi) is 6.05. The summed E-state index contributed by atoms with van der Waals surface area (Å²) < 4.78 is 0. The lowest BCUT2D eigenvalue weighted by atomic mass is 9.50. The minimum Gasteiger partial charge on any atom is -0.396 e. The van der Waals surface area contributed by atoms with Crippen molar-refractivity contribution in [2.45, 2.75) is 111 Å². The number of aliphatic hydroxyl groups excluding tert-OH is 1. The van der Waals surface area contributed by atoms with Crippen molar-refractivity contribution in [2.24, 2.45) is 40.4 Å². The molecular formula is C27H46O. The molecule has 7 atom stereocenters. The van der Waals surface area contributed by atoms with Crippen LogP contribution in [0.15, 0.2) is 11.1 Å². The maximum Gasteiger partial charge on any atom is 0.0456 e. The monoisotopic (exact) mass is 386 g/mol. The van der Waals surface area contributed by atoms with E-state index in [1.54, 1.807) is 0 Å². The molecule has 0 amide bonds. The van der Waals surface area contributed by atoms with Gasteiger partial charge in [-0.25, -0.2) is 0 Å². The van der Waals surface area contributed by atoms with E-state index in [1.165, 1.54) is 83.5 Å². The van der Waals surface area contributed by atoms with Gasteiger partial charge in [-0.1, -0.05) is 64.5 Å². The Labute approximate surface area is 174 Å². The smallest absolute Gasteiger partial charge is 0.0456 e. The molecule has 0 heterocycles. The zero-order chi connectivity index (χ0) is 19.9. The molecule has 0 aromatic heterocycles. The zero-order valence-corrected chi connectivity index (χ0v) is 19.2. The Hall–Kier alpha value is -0.300. The average molecular weight is 387 g/mol. The second-order valence-electron chi connectivity index (χ2n) is 11.8. The first-order valence-electron chi connectivity index (χ1n) is 12.7. The highest BCUT2D eigenvalue weighted by Gasteiger charge is 2.55. The summed E-state index contributed by atoms with van der Waals surface area (Å²) in [4.78, 5) is 0. The minimum absolute atomic E-state index is 0.355. The summed E-state index contributed by atoms with van der Waals surface area (Å²) in [5, 5.41) is 9.32. The first-order chi connectivity index (χ1) is 13.4. The predicted molar refractivity (Wildman–Crippen MR) is 119 cm³/mol. The Balaban J connectivity index is 1.49. The standard InChI is InChI=1S/C27H46O/c1-19(18-28)8-7-9-20(2)23-13-14-24-22-12-11-21-10-5-6-16-26(21,3)25(22)15-17-27(23,24)4/h19-21,23-24,28H,5-18H2,1-4H3/t19?,20?,21?,23-,24+,26+,27-/m1/s1. The number of rotatable bonds is 6. The maximum atomic E-state index is 9.32.